The van der Waals surface area contributed by atoms with Gasteiger partial charge >= 0.3 is 6.09 Å². The molecule has 1 fully saturated rings. The third kappa shape index (κ3) is 5.38. The van der Waals surface area contributed by atoms with Crippen LogP contribution in [-0.2, 0) is 11.2 Å². The summed E-state index contributed by atoms with van der Waals surface area (Å²) in [6, 6.07) is 16.7. The Bertz CT molecular complexity index is 1250. The van der Waals surface area contributed by atoms with Crippen LogP contribution in [-0.4, -0.2) is 40.0 Å². The Labute approximate surface area is 216 Å². The lowest BCUT2D eigenvalue weighted by Gasteiger charge is -2.41. The molecule has 2 atom stereocenters. The molecule has 0 radical (unpaired) electrons. The lowest BCUT2D eigenvalue weighted by atomic mass is 9.87. The zero-order chi connectivity index (χ0) is 25.8. The number of nitriles is 1. The van der Waals surface area contributed by atoms with Crippen LogP contribution in [0.2, 0.25) is 0 Å². The molecular formula is C28H32N6O3. The second kappa shape index (κ2) is 10.9. The molecule has 0 bridgehead atoms. The van der Waals surface area contributed by atoms with Gasteiger partial charge < -0.3 is 14.4 Å². The molecule has 0 saturated heterocycles. The van der Waals surface area contributed by atoms with Crippen molar-refractivity contribution in [1.82, 2.24) is 15.2 Å². The van der Waals surface area contributed by atoms with Gasteiger partial charge in [-0.2, -0.15) is 10.4 Å². The molecule has 1 aromatic heterocycles. The molecule has 192 valence electrons. The summed E-state index contributed by atoms with van der Waals surface area (Å²) in [5.41, 5.74) is 3.83. The number of benzene rings is 2. The van der Waals surface area contributed by atoms with Gasteiger partial charge in [0.2, 0.25) is 0 Å². The van der Waals surface area contributed by atoms with E-state index >= 15 is 0 Å². The fourth-order valence-electron chi connectivity index (χ4n) is 5.07. The van der Waals surface area contributed by atoms with Crippen molar-refractivity contribution in [2.24, 2.45) is 0 Å². The summed E-state index contributed by atoms with van der Waals surface area (Å²) < 4.78 is 11.3. The number of amides is 1. The minimum atomic E-state index is -0.477. The molecule has 5 rings (SSSR count). The molecule has 2 N–H and O–H groups in total. The van der Waals surface area contributed by atoms with E-state index in [0.717, 1.165) is 54.1 Å². The van der Waals surface area contributed by atoms with Crippen LogP contribution >= 0.6 is 0 Å². The van der Waals surface area contributed by atoms with E-state index in [2.05, 4.69) is 37.5 Å². The fourth-order valence-corrected chi connectivity index (χ4v) is 5.07. The molecular weight excluding hydrogens is 468 g/mol. The van der Waals surface area contributed by atoms with Gasteiger partial charge in [-0.15, -0.1) is 0 Å². The molecule has 3 aromatic rings. The molecule has 2 heterocycles. The van der Waals surface area contributed by atoms with Crippen LogP contribution in [0.15, 0.2) is 48.8 Å². The SMILES string of the molecule is CC(C)OC(=O)Nc1ccc(C2C(C#N)c3ccc(OCCCc4ncn[nH]4)cc3N2C2CCC2)cc1. The Morgan fingerprint density at radius 2 is 2.05 bits per heavy atom. The van der Waals surface area contributed by atoms with E-state index in [0.29, 0.717) is 18.3 Å². The second-order valence-corrected chi connectivity index (χ2v) is 9.85. The highest BCUT2D eigenvalue weighted by atomic mass is 16.6. The van der Waals surface area contributed by atoms with Crippen LogP contribution < -0.4 is 15.0 Å². The molecule has 1 aliphatic heterocycles. The minimum absolute atomic E-state index is 0.0938. The number of hydrogen-bond donors (Lipinski definition) is 2. The summed E-state index contributed by atoms with van der Waals surface area (Å²) >= 11 is 0. The van der Waals surface area contributed by atoms with E-state index in [1.807, 2.05) is 50.2 Å². The number of carbonyl (C=O) groups is 1. The van der Waals surface area contributed by atoms with E-state index in [1.165, 1.54) is 12.7 Å². The monoisotopic (exact) mass is 500 g/mol. The van der Waals surface area contributed by atoms with Gasteiger partial charge in [0.05, 0.1) is 30.7 Å². The number of anilines is 2. The van der Waals surface area contributed by atoms with Crippen molar-refractivity contribution < 1.29 is 14.3 Å². The van der Waals surface area contributed by atoms with E-state index in [-0.39, 0.29) is 18.1 Å². The quantitative estimate of drug-likeness (QED) is 0.373. The number of aryl methyl sites for hydroxylation is 1. The van der Waals surface area contributed by atoms with Crippen LogP contribution in [0.3, 0.4) is 0 Å². The third-order valence-corrected chi connectivity index (χ3v) is 6.97. The highest BCUT2D eigenvalue weighted by Gasteiger charge is 2.44. The van der Waals surface area contributed by atoms with Gasteiger partial charge in [0, 0.05) is 29.9 Å². The Kier molecular flexibility index (Phi) is 7.26. The zero-order valence-corrected chi connectivity index (χ0v) is 21.2. The van der Waals surface area contributed by atoms with Crippen LogP contribution in [0.1, 0.15) is 68.4 Å². The number of H-pyrrole nitrogens is 1. The standard InChI is InChI=1S/C28H32N6O3/c1-18(2)37-28(35)32-20-10-8-19(9-11-20)27-24(16-29)23-13-12-22(15-25(23)34(27)21-5-3-6-21)36-14-4-7-26-30-17-31-33-26/h8-13,15,17-18,21,24,27H,3-7,14H2,1-2H3,(H,32,35)(H,30,31,33). The number of nitrogens with one attached hydrogen (secondary N) is 2. The Hall–Kier alpha value is -4.06. The van der Waals surface area contributed by atoms with Crippen molar-refractivity contribution in [3.05, 3.63) is 65.7 Å². The fraction of sp³-hybridized carbons (Fsp3) is 0.429. The normalized spacial score (nSPS) is 18.7. The number of hydrogen-bond acceptors (Lipinski definition) is 7. The average molecular weight is 501 g/mol. The van der Waals surface area contributed by atoms with Gasteiger partial charge in [0.1, 0.15) is 17.9 Å². The number of aromatic nitrogens is 3. The van der Waals surface area contributed by atoms with Crippen LogP contribution in [0.25, 0.3) is 0 Å². The Morgan fingerprint density at radius 3 is 2.70 bits per heavy atom. The summed E-state index contributed by atoms with van der Waals surface area (Å²) in [5.74, 6) is 1.37. The van der Waals surface area contributed by atoms with E-state index in [4.69, 9.17) is 9.47 Å². The van der Waals surface area contributed by atoms with Gasteiger partial charge in [-0.1, -0.05) is 18.2 Å². The largest absolute Gasteiger partial charge is 0.494 e. The minimum Gasteiger partial charge on any atom is -0.494 e. The van der Waals surface area contributed by atoms with Crippen molar-refractivity contribution in [3.63, 3.8) is 0 Å². The van der Waals surface area contributed by atoms with Crippen molar-refractivity contribution in [3.8, 4) is 11.8 Å². The predicted molar refractivity (Wildman–Crippen MR) is 140 cm³/mol. The smallest absolute Gasteiger partial charge is 0.411 e. The molecule has 9 nitrogen and oxygen atoms in total. The summed E-state index contributed by atoms with van der Waals surface area (Å²) in [6.07, 6.45) is 5.86. The van der Waals surface area contributed by atoms with E-state index in [9.17, 15) is 10.1 Å². The molecule has 0 spiro atoms. The first-order valence-electron chi connectivity index (χ1n) is 12.9. The van der Waals surface area contributed by atoms with E-state index in [1.54, 1.807) is 0 Å². The highest BCUT2D eigenvalue weighted by molar-refractivity contribution is 5.84. The van der Waals surface area contributed by atoms with Crippen LogP contribution in [0.4, 0.5) is 16.2 Å². The summed E-state index contributed by atoms with van der Waals surface area (Å²) in [4.78, 5) is 18.6. The number of rotatable bonds is 9. The van der Waals surface area contributed by atoms with Gasteiger partial charge in [-0.3, -0.25) is 10.4 Å². The summed E-state index contributed by atoms with van der Waals surface area (Å²) in [6.45, 7) is 4.20. The number of nitrogens with zero attached hydrogens (tertiary/aromatic N) is 4. The first kappa shape index (κ1) is 24.6. The molecule has 1 saturated carbocycles. The maximum Gasteiger partial charge on any atom is 0.411 e. The second-order valence-electron chi connectivity index (χ2n) is 9.85. The first-order valence-corrected chi connectivity index (χ1v) is 12.9. The molecule has 2 unspecified atom stereocenters. The average Bonchev–Trinajstić information content (AvgIpc) is 3.47. The van der Waals surface area contributed by atoms with Crippen molar-refractivity contribution in [2.75, 3.05) is 16.8 Å². The van der Waals surface area contributed by atoms with Crippen molar-refractivity contribution in [2.45, 2.75) is 70.1 Å². The predicted octanol–water partition coefficient (Wildman–Crippen LogP) is 5.49. The van der Waals surface area contributed by atoms with E-state index < -0.39 is 6.09 Å². The molecule has 2 aromatic carbocycles. The number of carbonyl (C=O) groups excluding carboxylic acids is 1. The molecule has 2 aliphatic rings. The van der Waals surface area contributed by atoms with Gasteiger partial charge in [0.25, 0.3) is 0 Å². The highest BCUT2D eigenvalue weighted by Crippen LogP contribution is 2.53. The summed E-state index contributed by atoms with van der Waals surface area (Å²) in [5, 5.41) is 19.7. The first-order chi connectivity index (χ1) is 18.0. The third-order valence-electron chi connectivity index (χ3n) is 6.97. The van der Waals surface area contributed by atoms with Crippen LogP contribution in [0, 0.1) is 11.3 Å². The summed E-state index contributed by atoms with van der Waals surface area (Å²) in [7, 11) is 0. The lowest BCUT2D eigenvalue weighted by molar-refractivity contribution is 0.130. The maximum atomic E-state index is 12.0. The maximum absolute atomic E-state index is 12.0. The van der Waals surface area contributed by atoms with Crippen molar-refractivity contribution in [1.29, 1.82) is 5.26 Å². The van der Waals surface area contributed by atoms with Crippen LogP contribution in [0.5, 0.6) is 5.75 Å². The van der Waals surface area contributed by atoms with Crippen molar-refractivity contribution >= 4 is 17.5 Å². The number of fused-ring (bicyclic) bond motifs is 1. The Morgan fingerprint density at radius 1 is 1.24 bits per heavy atom. The number of aromatic amines is 1. The number of ether oxygens (including phenoxy) is 2. The lowest BCUT2D eigenvalue weighted by Crippen LogP contribution is -2.41. The van der Waals surface area contributed by atoms with Gasteiger partial charge in [-0.05, 0) is 68.9 Å². The topological polar surface area (TPSA) is 116 Å². The zero-order valence-electron chi connectivity index (χ0n) is 21.2. The molecule has 1 aliphatic carbocycles. The van der Waals surface area contributed by atoms with Gasteiger partial charge in [0.15, 0.2) is 0 Å². The molecule has 1 amide bonds. The van der Waals surface area contributed by atoms with Gasteiger partial charge in [-0.25, -0.2) is 9.78 Å². The Balaban J connectivity index is 1.34. The molecule has 37 heavy (non-hydrogen) atoms. The molecule has 9 heteroatoms.